The van der Waals surface area contributed by atoms with Crippen molar-refractivity contribution < 1.29 is 14.6 Å². The zero-order valence-electron chi connectivity index (χ0n) is 16.2. The van der Waals surface area contributed by atoms with Crippen molar-refractivity contribution in [2.75, 3.05) is 5.32 Å². The second kappa shape index (κ2) is 7.67. The minimum atomic E-state index is -0.782. The molecule has 0 atom stereocenters. The van der Waals surface area contributed by atoms with Crippen molar-refractivity contribution in [2.24, 2.45) is 0 Å². The molecular weight excluding hydrogens is 402 g/mol. The second-order valence-electron chi connectivity index (χ2n) is 6.81. The molecule has 31 heavy (non-hydrogen) atoms. The first-order valence-electron chi connectivity index (χ1n) is 9.13. The van der Waals surface area contributed by atoms with Crippen LogP contribution in [0.4, 0.5) is 17.2 Å². The van der Waals surface area contributed by atoms with Crippen molar-refractivity contribution in [3.63, 3.8) is 0 Å². The van der Waals surface area contributed by atoms with Gasteiger partial charge >= 0.3 is 0 Å². The maximum atomic E-state index is 13.0. The van der Waals surface area contributed by atoms with Gasteiger partial charge in [-0.05, 0) is 24.6 Å². The Kier molecular flexibility index (Phi) is 4.88. The molecule has 0 aliphatic heterocycles. The van der Waals surface area contributed by atoms with Gasteiger partial charge in [0.1, 0.15) is 17.2 Å². The van der Waals surface area contributed by atoms with E-state index in [4.69, 9.17) is 0 Å². The van der Waals surface area contributed by atoms with E-state index in [1.165, 1.54) is 0 Å². The molecule has 0 unspecified atom stereocenters. The van der Waals surface area contributed by atoms with Crippen LogP contribution in [0.1, 0.15) is 15.9 Å². The first kappa shape index (κ1) is 19.7. The van der Waals surface area contributed by atoms with Crippen LogP contribution in [-0.2, 0) is 0 Å². The summed E-state index contributed by atoms with van der Waals surface area (Å²) in [7, 11) is 0. The minimum absolute atomic E-state index is 0.207. The second-order valence-corrected chi connectivity index (χ2v) is 6.81. The van der Waals surface area contributed by atoms with Crippen LogP contribution in [0.3, 0.4) is 0 Å². The smallest absolute Gasteiger partial charge is 0.277 e. The van der Waals surface area contributed by atoms with Crippen molar-refractivity contribution in [3.05, 3.63) is 98.2 Å². The van der Waals surface area contributed by atoms with Gasteiger partial charge in [-0.15, -0.1) is 0 Å². The molecular formula is C21H15N5O5. The number of non-ortho nitro benzene ring substituents is 2. The van der Waals surface area contributed by atoms with Crippen molar-refractivity contribution in [1.29, 1.82) is 0 Å². The Bertz CT molecular complexity index is 1320. The molecule has 0 radical (unpaired) electrons. The van der Waals surface area contributed by atoms with Gasteiger partial charge in [0.05, 0.1) is 21.5 Å². The van der Waals surface area contributed by atoms with Gasteiger partial charge in [-0.25, -0.2) is 4.98 Å². The van der Waals surface area contributed by atoms with Crippen molar-refractivity contribution in [1.82, 2.24) is 9.38 Å². The number of pyridine rings is 1. The highest BCUT2D eigenvalue weighted by Gasteiger charge is 2.22. The highest BCUT2D eigenvalue weighted by Crippen LogP contribution is 2.30. The third-order valence-electron chi connectivity index (χ3n) is 4.65. The number of benzene rings is 2. The Morgan fingerprint density at radius 3 is 2.23 bits per heavy atom. The first-order valence-corrected chi connectivity index (χ1v) is 9.13. The fraction of sp³-hybridized carbons (Fsp3) is 0.0476. The van der Waals surface area contributed by atoms with Gasteiger partial charge in [0.25, 0.3) is 17.3 Å². The highest BCUT2D eigenvalue weighted by molar-refractivity contribution is 6.06. The first-order chi connectivity index (χ1) is 14.8. The zero-order chi connectivity index (χ0) is 22.1. The van der Waals surface area contributed by atoms with E-state index in [2.05, 4.69) is 10.3 Å². The SMILES string of the molecule is Cc1ccn2c(NC(=O)c3cc([N+](=O)[O-])cc([N+](=O)[O-])c3)c(-c3ccccc3)nc2c1. The number of aryl methyl sites for hydroxylation is 1. The zero-order valence-corrected chi connectivity index (χ0v) is 16.2. The van der Waals surface area contributed by atoms with Crippen LogP contribution < -0.4 is 5.32 Å². The summed E-state index contributed by atoms with van der Waals surface area (Å²) >= 11 is 0. The topological polar surface area (TPSA) is 133 Å². The molecule has 1 N–H and O–H groups in total. The van der Waals surface area contributed by atoms with Crippen LogP contribution >= 0.6 is 0 Å². The van der Waals surface area contributed by atoms with Gasteiger partial charge in [-0.2, -0.15) is 0 Å². The molecule has 10 heteroatoms. The number of imidazole rings is 1. The van der Waals surface area contributed by atoms with Crippen molar-refractivity contribution in [3.8, 4) is 11.3 Å². The summed E-state index contributed by atoms with van der Waals surface area (Å²) in [6.45, 7) is 1.91. The Labute approximate surface area is 175 Å². The number of carbonyl (C=O) groups is 1. The van der Waals surface area contributed by atoms with E-state index in [1.807, 2.05) is 49.4 Å². The van der Waals surface area contributed by atoms with Crippen LogP contribution in [-0.4, -0.2) is 25.1 Å². The maximum Gasteiger partial charge on any atom is 0.277 e. The van der Waals surface area contributed by atoms with Crippen LogP contribution in [0.2, 0.25) is 0 Å². The van der Waals surface area contributed by atoms with E-state index < -0.39 is 27.1 Å². The molecule has 4 aromatic rings. The van der Waals surface area contributed by atoms with Gasteiger partial charge in [-0.1, -0.05) is 30.3 Å². The molecule has 0 spiro atoms. The van der Waals surface area contributed by atoms with E-state index in [1.54, 1.807) is 10.6 Å². The number of amides is 1. The lowest BCUT2D eigenvalue weighted by atomic mass is 10.1. The standard InChI is InChI=1S/C21H15N5O5/c1-13-7-8-24-18(9-13)22-19(14-5-3-2-4-6-14)20(24)23-21(27)15-10-16(25(28)29)12-17(11-15)26(30)31/h2-12H,1H3,(H,23,27). The number of nitrogens with one attached hydrogen (secondary N) is 1. The van der Waals surface area contributed by atoms with Crippen molar-refractivity contribution in [2.45, 2.75) is 6.92 Å². The Morgan fingerprint density at radius 2 is 1.61 bits per heavy atom. The molecule has 2 aromatic carbocycles. The van der Waals surface area contributed by atoms with E-state index in [0.717, 1.165) is 29.3 Å². The lowest BCUT2D eigenvalue weighted by molar-refractivity contribution is -0.394. The summed E-state index contributed by atoms with van der Waals surface area (Å²) in [4.78, 5) is 38.3. The van der Waals surface area contributed by atoms with Crippen molar-refractivity contribution >= 4 is 28.7 Å². The monoisotopic (exact) mass is 417 g/mol. The minimum Gasteiger partial charge on any atom is -0.306 e. The third kappa shape index (κ3) is 3.81. The van der Waals surface area contributed by atoms with E-state index in [-0.39, 0.29) is 5.56 Å². The number of rotatable bonds is 5. The number of hydrogen-bond donors (Lipinski definition) is 1. The highest BCUT2D eigenvalue weighted by atomic mass is 16.6. The molecule has 0 saturated carbocycles. The molecule has 0 aliphatic carbocycles. The fourth-order valence-electron chi connectivity index (χ4n) is 3.18. The summed E-state index contributed by atoms with van der Waals surface area (Å²) in [5.41, 5.74) is 1.53. The van der Waals surface area contributed by atoms with Gasteiger partial charge in [0, 0.05) is 23.9 Å². The average Bonchev–Trinajstić information content (AvgIpc) is 3.11. The lowest BCUT2D eigenvalue weighted by Gasteiger charge is -2.08. The lowest BCUT2D eigenvalue weighted by Crippen LogP contribution is -2.14. The Morgan fingerprint density at radius 1 is 0.968 bits per heavy atom. The molecule has 2 heterocycles. The van der Waals surface area contributed by atoms with Crippen LogP contribution in [0, 0.1) is 27.2 Å². The molecule has 0 aliphatic rings. The van der Waals surface area contributed by atoms with E-state index >= 15 is 0 Å². The number of fused-ring (bicyclic) bond motifs is 1. The summed E-state index contributed by atoms with van der Waals surface area (Å²) in [5.74, 6) is -0.383. The Balaban J connectivity index is 1.82. The fourth-order valence-corrected chi connectivity index (χ4v) is 3.18. The largest absolute Gasteiger partial charge is 0.306 e. The third-order valence-corrected chi connectivity index (χ3v) is 4.65. The van der Waals surface area contributed by atoms with Crippen LogP contribution in [0.5, 0.6) is 0 Å². The average molecular weight is 417 g/mol. The molecule has 0 bridgehead atoms. The summed E-state index contributed by atoms with van der Waals surface area (Å²) in [5, 5.41) is 25.0. The van der Waals surface area contributed by atoms with Crippen LogP contribution in [0.25, 0.3) is 16.9 Å². The number of carbonyl (C=O) groups excluding carboxylic acids is 1. The quantitative estimate of drug-likeness (QED) is 0.378. The number of anilines is 1. The van der Waals surface area contributed by atoms with Gasteiger partial charge < -0.3 is 5.32 Å². The number of aromatic nitrogens is 2. The predicted octanol–water partition coefficient (Wildman–Crippen LogP) is 4.38. The number of hydrogen-bond acceptors (Lipinski definition) is 6. The van der Waals surface area contributed by atoms with Crippen LogP contribution in [0.15, 0.2) is 66.9 Å². The Hall–Kier alpha value is -4.60. The predicted molar refractivity (Wildman–Crippen MR) is 113 cm³/mol. The molecule has 4 rings (SSSR count). The molecule has 1 amide bonds. The van der Waals surface area contributed by atoms with Gasteiger partial charge in [0.15, 0.2) is 0 Å². The summed E-state index contributed by atoms with van der Waals surface area (Å²) < 4.78 is 1.68. The number of nitro groups is 2. The van der Waals surface area contributed by atoms with Gasteiger partial charge in [-0.3, -0.25) is 29.4 Å². The molecule has 154 valence electrons. The number of nitrogens with zero attached hydrogens (tertiary/aromatic N) is 4. The molecule has 2 aromatic heterocycles. The normalized spacial score (nSPS) is 10.7. The van der Waals surface area contributed by atoms with E-state index in [0.29, 0.717) is 17.2 Å². The number of nitro benzene ring substituents is 2. The summed E-state index contributed by atoms with van der Waals surface area (Å²) in [6, 6.07) is 15.7. The summed E-state index contributed by atoms with van der Waals surface area (Å²) in [6.07, 6.45) is 1.75. The molecule has 0 saturated heterocycles. The molecule has 10 nitrogen and oxygen atoms in total. The van der Waals surface area contributed by atoms with E-state index in [9.17, 15) is 25.0 Å². The maximum absolute atomic E-state index is 13.0. The van der Waals surface area contributed by atoms with Gasteiger partial charge in [0.2, 0.25) is 0 Å². The molecule has 0 fully saturated rings.